The van der Waals surface area contributed by atoms with E-state index in [1.807, 2.05) is 54.7 Å². The number of hydrogen-bond acceptors (Lipinski definition) is 4. The van der Waals surface area contributed by atoms with Crippen molar-refractivity contribution in [2.45, 2.75) is 19.4 Å². The number of benzene rings is 2. The first-order valence-electron chi connectivity index (χ1n) is 9.57. The minimum atomic E-state index is -0.149. The van der Waals surface area contributed by atoms with E-state index in [9.17, 15) is 4.79 Å². The molecule has 1 aromatic heterocycles. The molecule has 5 nitrogen and oxygen atoms in total. The zero-order chi connectivity index (χ0) is 20.2. The van der Waals surface area contributed by atoms with Gasteiger partial charge in [0.1, 0.15) is 11.6 Å². The highest BCUT2D eigenvalue weighted by Crippen LogP contribution is 2.26. The number of aryl methyl sites for hydroxylation is 1. The monoisotopic (exact) mass is 386 g/mol. The van der Waals surface area contributed by atoms with E-state index in [0.717, 1.165) is 46.8 Å². The summed E-state index contributed by atoms with van der Waals surface area (Å²) in [6, 6.07) is 15.8. The second-order valence-electron chi connectivity index (χ2n) is 6.98. The van der Waals surface area contributed by atoms with Crippen molar-refractivity contribution in [3.8, 4) is 28.8 Å². The average Bonchev–Trinajstić information content (AvgIpc) is 3.21. The lowest BCUT2D eigenvalue weighted by Gasteiger charge is -2.21. The number of carbonyl (C=O) groups is 1. The maximum atomic E-state index is 11.8. The van der Waals surface area contributed by atoms with Gasteiger partial charge in [0.15, 0.2) is 0 Å². The van der Waals surface area contributed by atoms with Crippen molar-refractivity contribution < 1.29 is 14.3 Å². The Bertz CT molecular complexity index is 1090. The van der Waals surface area contributed by atoms with E-state index < -0.39 is 0 Å². The van der Waals surface area contributed by atoms with Crippen LogP contribution < -0.4 is 4.74 Å². The fourth-order valence-corrected chi connectivity index (χ4v) is 3.55. The van der Waals surface area contributed by atoms with E-state index in [1.54, 1.807) is 7.11 Å². The summed E-state index contributed by atoms with van der Waals surface area (Å²) in [6.45, 7) is 0.622. The number of carbonyl (C=O) groups excluding carboxylic acids is 1. The molecule has 0 saturated heterocycles. The Kier molecular flexibility index (Phi) is 5.35. The summed E-state index contributed by atoms with van der Waals surface area (Å²) in [6.07, 6.45) is 3.57. The van der Waals surface area contributed by atoms with Crippen LogP contribution in [0.5, 0.6) is 5.75 Å². The first kappa shape index (κ1) is 18.8. The molecule has 5 heteroatoms. The molecule has 0 amide bonds. The lowest BCUT2D eigenvalue weighted by molar-refractivity contribution is -0.146. The smallest absolute Gasteiger partial charge is 0.310 e. The van der Waals surface area contributed by atoms with E-state index >= 15 is 0 Å². The lowest BCUT2D eigenvalue weighted by atomic mass is 10.00. The van der Waals surface area contributed by atoms with Crippen LogP contribution in [0.3, 0.4) is 0 Å². The number of fused-ring (bicyclic) bond motifs is 1. The summed E-state index contributed by atoms with van der Waals surface area (Å²) in [7, 11) is 3.09. The molecule has 2 heterocycles. The SMILES string of the molecule is COC(=O)C1CCc2nc(-c3ccc(C#Cc4ccccc4OC)cc3)cn2C1. The molecule has 0 radical (unpaired) electrons. The van der Waals surface area contributed by atoms with Crippen LogP contribution in [0.15, 0.2) is 54.7 Å². The van der Waals surface area contributed by atoms with Crippen molar-refractivity contribution >= 4 is 5.97 Å². The minimum Gasteiger partial charge on any atom is -0.495 e. The van der Waals surface area contributed by atoms with Gasteiger partial charge in [-0.2, -0.15) is 0 Å². The Labute approximate surface area is 170 Å². The van der Waals surface area contributed by atoms with E-state index in [1.165, 1.54) is 7.11 Å². The minimum absolute atomic E-state index is 0.0952. The molecule has 29 heavy (non-hydrogen) atoms. The number of imidazole rings is 1. The third-order valence-corrected chi connectivity index (χ3v) is 5.16. The molecule has 0 saturated carbocycles. The van der Waals surface area contributed by atoms with Crippen LogP contribution in [0.1, 0.15) is 23.4 Å². The molecule has 3 aromatic rings. The average molecular weight is 386 g/mol. The van der Waals surface area contributed by atoms with Crippen LogP contribution in [0.4, 0.5) is 0 Å². The molecule has 4 rings (SSSR count). The van der Waals surface area contributed by atoms with Gasteiger partial charge < -0.3 is 14.0 Å². The van der Waals surface area contributed by atoms with Crippen molar-refractivity contribution in [3.63, 3.8) is 0 Å². The number of para-hydroxylation sites is 1. The molecule has 0 fully saturated rings. The Morgan fingerprint density at radius 3 is 2.66 bits per heavy atom. The van der Waals surface area contributed by atoms with Gasteiger partial charge in [-0.25, -0.2) is 4.98 Å². The molecule has 0 bridgehead atoms. The molecular formula is C24H22N2O3. The van der Waals surface area contributed by atoms with Gasteiger partial charge in [0, 0.05) is 30.3 Å². The molecule has 1 aliphatic rings. The Morgan fingerprint density at radius 1 is 1.10 bits per heavy atom. The van der Waals surface area contributed by atoms with Crippen molar-refractivity contribution in [3.05, 3.63) is 71.7 Å². The number of ether oxygens (including phenoxy) is 2. The van der Waals surface area contributed by atoms with Crippen LogP contribution >= 0.6 is 0 Å². The summed E-state index contributed by atoms with van der Waals surface area (Å²) in [5.74, 6) is 7.88. The maximum absolute atomic E-state index is 11.8. The number of aromatic nitrogens is 2. The Morgan fingerprint density at radius 2 is 1.90 bits per heavy atom. The second kappa shape index (κ2) is 8.24. The molecule has 0 spiro atoms. The molecule has 1 atom stereocenters. The summed E-state index contributed by atoms with van der Waals surface area (Å²) < 4.78 is 12.3. The normalized spacial score (nSPS) is 15.0. The van der Waals surface area contributed by atoms with Crippen LogP contribution in [0.2, 0.25) is 0 Å². The van der Waals surface area contributed by atoms with E-state index in [0.29, 0.717) is 6.54 Å². The summed E-state index contributed by atoms with van der Waals surface area (Å²) in [4.78, 5) is 16.6. The van der Waals surface area contributed by atoms with Gasteiger partial charge in [-0.3, -0.25) is 4.79 Å². The van der Waals surface area contributed by atoms with Gasteiger partial charge in [0.25, 0.3) is 0 Å². The molecule has 2 aromatic carbocycles. The molecule has 146 valence electrons. The standard InChI is InChI=1S/C24H22N2O3/c1-28-22-6-4-3-5-19(22)12-9-17-7-10-18(11-8-17)21-16-26-15-20(24(27)29-2)13-14-23(26)25-21/h3-8,10-11,16,20H,13-15H2,1-2H3. The third-order valence-electron chi connectivity index (χ3n) is 5.16. The van der Waals surface area contributed by atoms with Crippen molar-refractivity contribution in [2.75, 3.05) is 14.2 Å². The van der Waals surface area contributed by atoms with Gasteiger partial charge >= 0.3 is 5.97 Å². The van der Waals surface area contributed by atoms with Gasteiger partial charge in [-0.05, 0) is 30.7 Å². The molecular weight excluding hydrogens is 364 g/mol. The number of rotatable bonds is 3. The predicted molar refractivity (Wildman–Crippen MR) is 110 cm³/mol. The number of esters is 1. The predicted octanol–water partition coefficient (Wildman–Crippen LogP) is 3.69. The number of nitrogens with zero attached hydrogens (tertiary/aromatic N) is 2. The van der Waals surface area contributed by atoms with E-state index in [2.05, 4.69) is 16.4 Å². The topological polar surface area (TPSA) is 53.4 Å². The highest BCUT2D eigenvalue weighted by molar-refractivity contribution is 5.72. The van der Waals surface area contributed by atoms with Gasteiger partial charge in [0.2, 0.25) is 0 Å². The van der Waals surface area contributed by atoms with Crippen LogP contribution in [-0.2, 0) is 22.5 Å². The van der Waals surface area contributed by atoms with Crippen molar-refractivity contribution in [1.82, 2.24) is 9.55 Å². The number of hydrogen-bond donors (Lipinski definition) is 0. The van der Waals surface area contributed by atoms with E-state index in [4.69, 9.17) is 14.5 Å². The highest BCUT2D eigenvalue weighted by atomic mass is 16.5. The molecule has 0 aliphatic carbocycles. The fraction of sp³-hybridized carbons (Fsp3) is 0.250. The summed E-state index contributed by atoms with van der Waals surface area (Å²) in [5.41, 5.74) is 3.73. The maximum Gasteiger partial charge on any atom is 0.310 e. The van der Waals surface area contributed by atoms with Crippen molar-refractivity contribution in [1.29, 1.82) is 0 Å². The first-order chi connectivity index (χ1) is 14.2. The first-order valence-corrected chi connectivity index (χ1v) is 9.57. The third kappa shape index (κ3) is 4.02. The largest absolute Gasteiger partial charge is 0.495 e. The summed E-state index contributed by atoms with van der Waals surface area (Å²) >= 11 is 0. The van der Waals surface area contributed by atoms with Gasteiger partial charge in [-0.15, -0.1) is 0 Å². The van der Waals surface area contributed by atoms with Crippen LogP contribution in [-0.4, -0.2) is 29.7 Å². The molecule has 0 N–H and O–H groups in total. The quantitative estimate of drug-likeness (QED) is 0.509. The van der Waals surface area contributed by atoms with Crippen molar-refractivity contribution in [2.24, 2.45) is 5.92 Å². The zero-order valence-corrected chi connectivity index (χ0v) is 16.5. The molecule has 1 unspecified atom stereocenters. The molecule has 1 aliphatic heterocycles. The van der Waals surface area contributed by atoms with Gasteiger partial charge in [0.05, 0.1) is 31.4 Å². The van der Waals surface area contributed by atoms with Crippen LogP contribution in [0, 0.1) is 17.8 Å². The fourth-order valence-electron chi connectivity index (χ4n) is 3.55. The van der Waals surface area contributed by atoms with E-state index in [-0.39, 0.29) is 11.9 Å². The second-order valence-corrected chi connectivity index (χ2v) is 6.98. The van der Waals surface area contributed by atoms with Gasteiger partial charge in [-0.1, -0.05) is 36.1 Å². The Hall–Kier alpha value is -3.52. The van der Waals surface area contributed by atoms with Crippen LogP contribution in [0.25, 0.3) is 11.3 Å². The lowest BCUT2D eigenvalue weighted by Crippen LogP contribution is -2.27. The highest BCUT2D eigenvalue weighted by Gasteiger charge is 2.26. The number of methoxy groups -OCH3 is 2. The zero-order valence-electron chi connectivity index (χ0n) is 16.5. The Balaban J connectivity index is 1.52. The summed E-state index contributed by atoms with van der Waals surface area (Å²) in [5, 5.41) is 0.